The summed E-state index contributed by atoms with van der Waals surface area (Å²) >= 11 is 1.87. The second-order valence-corrected chi connectivity index (χ2v) is 5.56. The minimum Gasteiger partial charge on any atom is -0.346 e. The standard InChI is InChI=1S/C12H14N4O2S2/c1-8-5-10(16(2)15-8)12(17)13-6-11(20-18)14-9-3-4-19-7-9/h3-5,7,14H,6H2,1-2H3,(H,13,17). The lowest BCUT2D eigenvalue weighted by molar-refractivity contribution is 0.0950. The quantitative estimate of drug-likeness (QED) is 0.825. The number of hydrogen-bond donors (Lipinski definition) is 2. The molecule has 2 heterocycles. The molecule has 106 valence electrons. The topological polar surface area (TPSA) is 76.0 Å². The van der Waals surface area contributed by atoms with Gasteiger partial charge < -0.3 is 10.6 Å². The van der Waals surface area contributed by atoms with Gasteiger partial charge in [-0.1, -0.05) is 0 Å². The summed E-state index contributed by atoms with van der Waals surface area (Å²) in [4.78, 5) is 12.4. The molecule has 0 aromatic carbocycles. The molecule has 6 nitrogen and oxygen atoms in total. The summed E-state index contributed by atoms with van der Waals surface area (Å²) in [7, 11) is 1.71. The van der Waals surface area contributed by atoms with Gasteiger partial charge in [-0.3, -0.25) is 9.48 Å². The number of anilines is 1. The highest BCUT2D eigenvalue weighted by Crippen LogP contribution is 2.11. The largest absolute Gasteiger partial charge is 0.346 e. The van der Waals surface area contributed by atoms with Crippen LogP contribution in [0.5, 0.6) is 0 Å². The Morgan fingerprint density at radius 3 is 2.90 bits per heavy atom. The molecule has 20 heavy (non-hydrogen) atoms. The minimum absolute atomic E-state index is 0.160. The van der Waals surface area contributed by atoms with Gasteiger partial charge in [-0.25, -0.2) is 4.21 Å². The summed E-state index contributed by atoms with van der Waals surface area (Å²) < 4.78 is 12.5. The molecule has 1 amide bonds. The molecule has 0 unspecified atom stereocenters. The van der Waals surface area contributed by atoms with E-state index in [0.29, 0.717) is 21.9 Å². The van der Waals surface area contributed by atoms with Crippen LogP contribution in [0.15, 0.2) is 22.9 Å². The maximum absolute atomic E-state index is 12.0. The van der Waals surface area contributed by atoms with Crippen LogP contribution >= 0.6 is 11.3 Å². The highest BCUT2D eigenvalue weighted by Gasteiger charge is 2.12. The number of thiophene rings is 1. The van der Waals surface area contributed by atoms with E-state index >= 15 is 0 Å². The maximum Gasteiger partial charge on any atom is 0.269 e. The molecule has 0 saturated heterocycles. The van der Waals surface area contributed by atoms with Crippen LogP contribution in [-0.4, -0.2) is 31.4 Å². The van der Waals surface area contributed by atoms with E-state index in [0.717, 1.165) is 11.4 Å². The summed E-state index contributed by atoms with van der Waals surface area (Å²) in [5.41, 5.74) is 2.09. The predicted molar refractivity (Wildman–Crippen MR) is 81.4 cm³/mol. The molecule has 0 saturated carbocycles. The minimum atomic E-state index is -0.258. The number of nitrogens with one attached hydrogen (secondary N) is 2. The maximum atomic E-state index is 12.0. The zero-order valence-electron chi connectivity index (χ0n) is 11.0. The van der Waals surface area contributed by atoms with Gasteiger partial charge in [0.15, 0.2) is 0 Å². The highest BCUT2D eigenvalue weighted by molar-refractivity contribution is 7.66. The van der Waals surface area contributed by atoms with Crippen LogP contribution in [0.4, 0.5) is 5.69 Å². The van der Waals surface area contributed by atoms with Gasteiger partial charge in [0.05, 0.1) is 12.2 Å². The molecule has 0 aliphatic heterocycles. The summed E-state index contributed by atoms with van der Waals surface area (Å²) in [6.45, 7) is 1.98. The van der Waals surface area contributed by atoms with Crippen molar-refractivity contribution in [2.45, 2.75) is 6.92 Å². The number of aromatic nitrogens is 2. The van der Waals surface area contributed by atoms with Gasteiger partial charge in [0, 0.05) is 18.1 Å². The second kappa shape index (κ2) is 6.49. The van der Waals surface area contributed by atoms with Gasteiger partial charge in [-0.2, -0.15) is 16.4 Å². The molecule has 8 heteroatoms. The molecule has 2 rings (SSSR count). The Bertz CT molecular complexity index is 657. The van der Waals surface area contributed by atoms with E-state index in [1.807, 2.05) is 23.8 Å². The number of hydrogen-bond acceptors (Lipinski definition) is 4. The molecule has 2 N–H and O–H groups in total. The Balaban J connectivity index is 1.95. The van der Waals surface area contributed by atoms with E-state index in [-0.39, 0.29) is 12.5 Å². The fourth-order valence-corrected chi connectivity index (χ4v) is 2.54. The highest BCUT2D eigenvalue weighted by atomic mass is 32.1. The van der Waals surface area contributed by atoms with Crippen LogP contribution in [0.1, 0.15) is 16.2 Å². The molecular formula is C12H14N4O2S2. The zero-order chi connectivity index (χ0) is 14.5. The van der Waals surface area contributed by atoms with Crippen LogP contribution in [0.3, 0.4) is 0 Å². The van der Waals surface area contributed by atoms with E-state index in [9.17, 15) is 9.00 Å². The van der Waals surface area contributed by atoms with Crippen molar-refractivity contribution in [3.05, 3.63) is 34.3 Å². The molecular weight excluding hydrogens is 296 g/mol. The molecule has 0 bridgehead atoms. The van der Waals surface area contributed by atoms with E-state index in [4.69, 9.17) is 0 Å². The number of aryl methyl sites for hydroxylation is 2. The first-order valence-corrected chi connectivity index (χ1v) is 7.52. The van der Waals surface area contributed by atoms with Crippen LogP contribution in [0.2, 0.25) is 0 Å². The molecule has 2 aromatic rings. The third-order valence-electron chi connectivity index (χ3n) is 2.55. The number of carbonyl (C=O) groups is 1. The van der Waals surface area contributed by atoms with Crippen LogP contribution in [0.25, 0.3) is 0 Å². The first-order valence-electron chi connectivity index (χ1n) is 5.84. The average molecular weight is 310 g/mol. The van der Waals surface area contributed by atoms with E-state index in [2.05, 4.69) is 15.7 Å². The summed E-state index contributed by atoms with van der Waals surface area (Å²) in [5, 5.41) is 13.6. The van der Waals surface area contributed by atoms with Crippen molar-refractivity contribution >= 4 is 39.2 Å². The van der Waals surface area contributed by atoms with Crippen molar-refractivity contribution in [2.75, 3.05) is 11.9 Å². The smallest absolute Gasteiger partial charge is 0.269 e. The van der Waals surface area contributed by atoms with Crippen molar-refractivity contribution in [1.29, 1.82) is 0 Å². The average Bonchev–Trinajstić information content (AvgIpc) is 3.03. The van der Waals surface area contributed by atoms with Gasteiger partial charge in [-0.05, 0) is 24.4 Å². The van der Waals surface area contributed by atoms with Gasteiger partial charge in [-0.15, -0.1) is 0 Å². The molecule has 0 atom stereocenters. The first kappa shape index (κ1) is 14.5. The summed E-state index contributed by atoms with van der Waals surface area (Å²) in [5.74, 6) is -0.258. The van der Waals surface area contributed by atoms with Crippen molar-refractivity contribution < 1.29 is 9.00 Å². The molecule has 0 spiro atoms. The van der Waals surface area contributed by atoms with Crippen LogP contribution in [-0.2, 0) is 18.3 Å². The molecule has 0 fully saturated rings. The Morgan fingerprint density at radius 2 is 2.35 bits per heavy atom. The number of amides is 1. The number of rotatable bonds is 4. The fourth-order valence-electron chi connectivity index (χ4n) is 1.67. The lowest BCUT2D eigenvalue weighted by Gasteiger charge is -2.07. The van der Waals surface area contributed by atoms with E-state index in [1.165, 1.54) is 16.0 Å². The lowest BCUT2D eigenvalue weighted by atomic mass is 10.3. The Morgan fingerprint density at radius 1 is 1.55 bits per heavy atom. The number of nitrogens with zero attached hydrogens (tertiary/aromatic N) is 2. The third kappa shape index (κ3) is 3.55. The van der Waals surface area contributed by atoms with Crippen molar-refractivity contribution in [3.63, 3.8) is 0 Å². The van der Waals surface area contributed by atoms with Gasteiger partial charge >= 0.3 is 0 Å². The fraction of sp³-hybridized carbons (Fsp3) is 0.250. The normalized spacial score (nSPS) is 10.1. The molecule has 0 aliphatic carbocycles. The summed E-state index contributed by atoms with van der Waals surface area (Å²) in [6, 6.07) is 3.57. The van der Waals surface area contributed by atoms with Crippen molar-refractivity contribution in [2.24, 2.45) is 7.05 Å². The predicted octanol–water partition coefficient (Wildman–Crippen LogP) is 0.975. The van der Waals surface area contributed by atoms with Gasteiger partial charge in [0.25, 0.3) is 5.91 Å². The monoisotopic (exact) mass is 310 g/mol. The van der Waals surface area contributed by atoms with E-state index < -0.39 is 0 Å². The Labute approximate surface area is 123 Å². The number of carbonyl (C=O) groups excluding carboxylic acids is 1. The van der Waals surface area contributed by atoms with Gasteiger partial charge in [0.1, 0.15) is 21.9 Å². The summed E-state index contributed by atoms with van der Waals surface area (Å²) in [6.07, 6.45) is 0. The first-order chi connectivity index (χ1) is 9.60. The molecule has 2 aromatic heterocycles. The molecule has 0 aliphatic rings. The van der Waals surface area contributed by atoms with E-state index in [1.54, 1.807) is 13.1 Å². The Kier molecular flexibility index (Phi) is 4.70. The van der Waals surface area contributed by atoms with Crippen LogP contribution < -0.4 is 10.6 Å². The molecule has 0 radical (unpaired) electrons. The zero-order valence-corrected chi connectivity index (χ0v) is 12.7. The van der Waals surface area contributed by atoms with Crippen LogP contribution in [0, 0.1) is 6.92 Å². The third-order valence-corrected chi connectivity index (χ3v) is 3.68. The van der Waals surface area contributed by atoms with Crippen molar-refractivity contribution in [1.82, 2.24) is 15.1 Å². The Hall–Kier alpha value is -1.93. The SMILES string of the molecule is Cc1cc(C(=O)NCC(Nc2ccsc2)=S=O)n(C)n1. The second-order valence-electron chi connectivity index (χ2n) is 4.12. The van der Waals surface area contributed by atoms with Crippen molar-refractivity contribution in [3.8, 4) is 0 Å². The van der Waals surface area contributed by atoms with Gasteiger partial charge in [0.2, 0.25) is 0 Å². The lowest BCUT2D eigenvalue weighted by Crippen LogP contribution is -2.33.